The maximum Gasteiger partial charge on any atom is 0.000767 e. The molecule has 0 N–H and O–H groups in total. The molecule has 0 aromatic rings. The second kappa shape index (κ2) is 6.91. The van der Waals surface area contributed by atoms with E-state index in [9.17, 15) is 0 Å². The largest absolute Gasteiger partial charge is 0.306 e. The van der Waals surface area contributed by atoms with Crippen LogP contribution in [0.15, 0.2) is 0 Å². The van der Waals surface area contributed by atoms with E-state index in [0.717, 1.165) is 17.8 Å². The van der Waals surface area contributed by atoms with Crippen molar-refractivity contribution in [3.63, 3.8) is 0 Å². The summed E-state index contributed by atoms with van der Waals surface area (Å²) in [5.74, 6) is 2.92. The van der Waals surface area contributed by atoms with Crippen molar-refractivity contribution < 1.29 is 0 Å². The zero-order chi connectivity index (χ0) is 13.0. The Kier molecular flexibility index (Phi) is 5.50. The topological polar surface area (TPSA) is 6.48 Å². The zero-order valence-corrected chi connectivity index (χ0v) is 12.7. The monoisotopic (exact) mass is 252 g/mol. The van der Waals surface area contributed by atoms with Crippen molar-refractivity contribution in [1.82, 2.24) is 9.80 Å². The van der Waals surface area contributed by atoms with E-state index in [4.69, 9.17) is 0 Å². The lowest BCUT2D eigenvalue weighted by Gasteiger charge is -2.34. The van der Waals surface area contributed by atoms with E-state index in [1.54, 1.807) is 0 Å². The molecule has 1 aliphatic heterocycles. The van der Waals surface area contributed by atoms with E-state index in [-0.39, 0.29) is 0 Å². The van der Waals surface area contributed by atoms with Crippen LogP contribution in [0.2, 0.25) is 0 Å². The lowest BCUT2D eigenvalue weighted by atomic mass is 9.82. The van der Waals surface area contributed by atoms with Crippen molar-refractivity contribution in [2.24, 2.45) is 17.8 Å². The molecule has 0 aromatic heterocycles. The lowest BCUT2D eigenvalue weighted by Crippen LogP contribution is -2.37. The summed E-state index contributed by atoms with van der Waals surface area (Å²) in [6.07, 6.45) is 8.68. The minimum Gasteiger partial charge on any atom is -0.306 e. The van der Waals surface area contributed by atoms with Gasteiger partial charge in [-0.3, -0.25) is 0 Å². The van der Waals surface area contributed by atoms with Gasteiger partial charge >= 0.3 is 0 Å². The van der Waals surface area contributed by atoms with Crippen LogP contribution in [0.5, 0.6) is 0 Å². The lowest BCUT2D eigenvalue weighted by molar-refractivity contribution is 0.151. The van der Waals surface area contributed by atoms with Crippen molar-refractivity contribution in [3.05, 3.63) is 0 Å². The number of nitrogens with zero attached hydrogens (tertiary/aromatic N) is 2. The third-order valence-electron chi connectivity index (χ3n) is 5.11. The second-order valence-electron chi connectivity index (χ2n) is 7.09. The maximum atomic E-state index is 2.62. The maximum absolute atomic E-state index is 2.62. The first-order valence-corrected chi connectivity index (χ1v) is 8.00. The number of rotatable bonds is 4. The molecule has 1 aliphatic carbocycles. The van der Waals surface area contributed by atoms with Crippen molar-refractivity contribution in [3.8, 4) is 0 Å². The highest BCUT2D eigenvalue weighted by Crippen LogP contribution is 2.29. The first-order valence-electron chi connectivity index (χ1n) is 8.00. The Morgan fingerprint density at radius 1 is 0.889 bits per heavy atom. The fourth-order valence-corrected chi connectivity index (χ4v) is 3.71. The van der Waals surface area contributed by atoms with Crippen LogP contribution in [-0.2, 0) is 0 Å². The van der Waals surface area contributed by atoms with Crippen LogP contribution in [0, 0.1) is 17.8 Å². The Morgan fingerprint density at radius 3 is 1.94 bits per heavy atom. The van der Waals surface area contributed by atoms with Crippen LogP contribution in [0.3, 0.4) is 0 Å². The van der Waals surface area contributed by atoms with Gasteiger partial charge in [0.1, 0.15) is 0 Å². The number of piperidine rings is 1. The van der Waals surface area contributed by atoms with E-state index >= 15 is 0 Å². The highest BCUT2D eigenvalue weighted by Gasteiger charge is 2.22. The number of likely N-dealkylation sites (tertiary alicyclic amines) is 1. The molecule has 0 spiro atoms. The van der Waals surface area contributed by atoms with Gasteiger partial charge < -0.3 is 9.80 Å². The first-order chi connectivity index (χ1) is 8.63. The van der Waals surface area contributed by atoms with Gasteiger partial charge in [0.05, 0.1) is 0 Å². The minimum absolute atomic E-state index is 0.953. The van der Waals surface area contributed by atoms with Crippen LogP contribution >= 0.6 is 0 Å². The fourth-order valence-electron chi connectivity index (χ4n) is 3.71. The molecule has 1 heterocycles. The van der Waals surface area contributed by atoms with Gasteiger partial charge in [-0.25, -0.2) is 0 Å². The molecule has 0 atom stereocenters. The molecule has 18 heavy (non-hydrogen) atoms. The molecule has 1 saturated heterocycles. The van der Waals surface area contributed by atoms with Gasteiger partial charge in [0.15, 0.2) is 0 Å². The first kappa shape index (κ1) is 14.3. The average molecular weight is 252 g/mol. The summed E-state index contributed by atoms with van der Waals surface area (Å²) in [5.41, 5.74) is 0. The van der Waals surface area contributed by atoms with E-state index < -0.39 is 0 Å². The Balaban J connectivity index is 1.64. The molecule has 2 nitrogen and oxygen atoms in total. The molecule has 0 aromatic carbocycles. The van der Waals surface area contributed by atoms with Crippen LogP contribution in [0.1, 0.15) is 45.4 Å². The van der Waals surface area contributed by atoms with Crippen molar-refractivity contribution in [1.29, 1.82) is 0 Å². The van der Waals surface area contributed by atoms with Gasteiger partial charge in [-0.15, -0.1) is 0 Å². The van der Waals surface area contributed by atoms with Gasteiger partial charge in [-0.05, 0) is 70.6 Å². The third kappa shape index (κ3) is 4.55. The minimum atomic E-state index is 0.953. The van der Waals surface area contributed by atoms with Crippen LogP contribution < -0.4 is 0 Å². The van der Waals surface area contributed by atoms with Crippen molar-refractivity contribution >= 4 is 0 Å². The summed E-state index contributed by atoms with van der Waals surface area (Å²) in [7, 11) is 4.60. The fraction of sp³-hybridized carbons (Fsp3) is 1.00. The Labute approximate surface area is 114 Å². The smallest absolute Gasteiger partial charge is 0.000767 e. The summed E-state index contributed by atoms with van der Waals surface area (Å²) in [6.45, 7) is 7.70. The average Bonchev–Trinajstić information content (AvgIpc) is 2.35. The van der Waals surface area contributed by atoms with E-state index in [1.807, 2.05) is 0 Å². The Hall–Kier alpha value is -0.0800. The predicted molar refractivity (Wildman–Crippen MR) is 78.8 cm³/mol. The van der Waals surface area contributed by atoms with E-state index in [1.165, 1.54) is 64.7 Å². The molecule has 0 amide bonds. The Morgan fingerprint density at radius 2 is 1.39 bits per heavy atom. The van der Waals surface area contributed by atoms with Crippen molar-refractivity contribution in [2.75, 3.05) is 40.3 Å². The van der Waals surface area contributed by atoms with Crippen LogP contribution in [0.25, 0.3) is 0 Å². The normalized spacial score (nSPS) is 32.0. The van der Waals surface area contributed by atoms with Gasteiger partial charge in [-0.1, -0.05) is 19.8 Å². The molecule has 2 fully saturated rings. The summed E-state index contributed by atoms with van der Waals surface area (Å²) < 4.78 is 0. The number of hydrogen-bond donors (Lipinski definition) is 0. The molecule has 1 saturated carbocycles. The molecular weight excluding hydrogens is 220 g/mol. The third-order valence-corrected chi connectivity index (χ3v) is 5.11. The second-order valence-corrected chi connectivity index (χ2v) is 7.09. The number of hydrogen-bond acceptors (Lipinski definition) is 2. The van der Waals surface area contributed by atoms with Gasteiger partial charge in [-0.2, -0.15) is 0 Å². The molecule has 2 aliphatic rings. The van der Waals surface area contributed by atoms with Crippen LogP contribution in [-0.4, -0.2) is 50.1 Å². The summed E-state index contributed by atoms with van der Waals surface area (Å²) >= 11 is 0. The Bertz CT molecular complexity index is 201. The SMILES string of the molecule is CC1CCC(CN(C)CC2CCN(C)CC2)CC1. The van der Waals surface area contributed by atoms with Gasteiger partial charge in [0.25, 0.3) is 0 Å². The predicted octanol–water partition coefficient (Wildman–Crippen LogP) is 3.09. The quantitative estimate of drug-likeness (QED) is 0.758. The van der Waals surface area contributed by atoms with Crippen molar-refractivity contribution in [2.45, 2.75) is 45.4 Å². The summed E-state index contributed by atoms with van der Waals surface area (Å²) in [4.78, 5) is 5.09. The van der Waals surface area contributed by atoms with Crippen LogP contribution in [0.4, 0.5) is 0 Å². The van der Waals surface area contributed by atoms with Gasteiger partial charge in [0, 0.05) is 13.1 Å². The highest BCUT2D eigenvalue weighted by atomic mass is 15.1. The highest BCUT2D eigenvalue weighted by molar-refractivity contribution is 4.76. The summed E-state index contributed by atoms with van der Waals surface area (Å²) in [6, 6.07) is 0. The summed E-state index contributed by atoms with van der Waals surface area (Å²) in [5, 5.41) is 0. The molecular formula is C16H32N2. The molecule has 0 radical (unpaired) electrons. The van der Waals surface area contributed by atoms with E-state index in [0.29, 0.717) is 0 Å². The molecule has 0 unspecified atom stereocenters. The van der Waals surface area contributed by atoms with Gasteiger partial charge in [0.2, 0.25) is 0 Å². The van der Waals surface area contributed by atoms with E-state index in [2.05, 4.69) is 30.8 Å². The molecule has 2 heteroatoms. The zero-order valence-electron chi connectivity index (χ0n) is 12.7. The standard InChI is InChI=1S/C16H32N2/c1-14-4-6-15(7-5-14)12-18(3)13-16-8-10-17(2)11-9-16/h14-16H,4-13H2,1-3H3. The molecule has 106 valence electrons. The molecule has 0 bridgehead atoms. The molecule has 2 rings (SSSR count).